The number of carbonyl (C=O) groups excluding carboxylic acids is 3. The Morgan fingerprint density at radius 1 is 0.895 bits per heavy atom. The van der Waals surface area contributed by atoms with E-state index in [1.807, 2.05) is 0 Å². The Kier molecular flexibility index (Phi) is 8.95. The molecule has 2 amide bonds. The SMILES string of the molecule is NC(=O)[C@@H](CCC(F)(F)F)[C@@H](CCC(F)(F)F)C(=O)N[C@H]1N=C(c2ccccc2)c2ccccc2CC1=O. The van der Waals surface area contributed by atoms with E-state index < -0.39 is 73.6 Å². The van der Waals surface area contributed by atoms with Crippen molar-refractivity contribution in [3.63, 3.8) is 0 Å². The van der Waals surface area contributed by atoms with E-state index in [2.05, 4.69) is 10.3 Å². The van der Waals surface area contributed by atoms with Gasteiger partial charge in [-0.05, 0) is 18.4 Å². The van der Waals surface area contributed by atoms with Gasteiger partial charge >= 0.3 is 12.4 Å². The van der Waals surface area contributed by atoms with Gasteiger partial charge in [-0.15, -0.1) is 0 Å². The van der Waals surface area contributed by atoms with E-state index in [9.17, 15) is 40.7 Å². The summed E-state index contributed by atoms with van der Waals surface area (Å²) in [4.78, 5) is 42.6. The summed E-state index contributed by atoms with van der Waals surface area (Å²) in [6.45, 7) is 0. The summed E-state index contributed by atoms with van der Waals surface area (Å²) in [5, 5.41) is 2.28. The number of fused-ring (bicyclic) bond motifs is 1. The van der Waals surface area contributed by atoms with Crippen molar-refractivity contribution >= 4 is 23.3 Å². The summed E-state index contributed by atoms with van der Waals surface area (Å²) in [6, 6.07) is 15.5. The third-order valence-corrected chi connectivity index (χ3v) is 6.19. The minimum absolute atomic E-state index is 0.165. The van der Waals surface area contributed by atoms with Crippen molar-refractivity contribution in [2.75, 3.05) is 0 Å². The van der Waals surface area contributed by atoms with E-state index >= 15 is 0 Å². The average molecular weight is 541 g/mol. The Morgan fingerprint density at radius 3 is 2.03 bits per heavy atom. The first-order valence-electron chi connectivity index (χ1n) is 11.7. The topological polar surface area (TPSA) is 102 Å². The lowest BCUT2D eigenvalue weighted by atomic mass is 9.83. The third-order valence-electron chi connectivity index (χ3n) is 6.19. The van der Waals surface area contributed by atoms with Crippen LogP contribution in [-0.4, -0.2) is 41.8 Å². The molecule has 0 aromatic heterocycles. The summed E-state index contributed by atoms with van der Waals surface area (Å²) >= 11 is 0. The van der Waals surface area contributed by atoms with Crippen LogP contribution in [0.5, 0.6) is 0 Å². The molecule has 0 bridgehead atoms. The van der Waals surface area contributed by atoms with E-state index in [0.717, 1.165) is 0 Å². The van der Waals surface area contributed by atoms with Crippen molar-refractivity contribution < 1.29 is 40.7 Å². The van der Waals surface area contributed by atoms with Gasteiger partial charge in [0, 0.05) is 42.2 Å². The van der Waals surface area contributed by atoms with Crippen LogP contribution in [0, 0.1) is 11.8 Å². The van der Waals surface area contributed by atoms with E-state index in [4.69, 9.17) is 5.73 Å². The highest BCUT2D eigenvalue weighted by molar-refractivity contribution is 6.16. The normalized spacial score (nSPS) is 17.6. The van der Waals surface area contributed by atoms with Gasteiger partial charge in [0.1, 0.15) is 0 Å². The molecule has 0 saturated carbocycles. The predicted octanol–water partition coefficient (Wildman–Crippen LogP) is 4.49. The molecule has 2 aromatic carbocycles. The molecule has 0 radical (unpaired) electrons. The number of nitrogens with one attached hydrogen (secondary N) is 1. The molecule has 3 N–H and O–H groups in total. The average Bonchev–Trinajstić information content (AvgIpc) is 2.96. The van der Waals surface area contributed by atoms with E-state index in [-0.39, 0.29) is 6.42 Å². The summed E-state index contributed by atoms with van der Waals surface area (Å²) in [5.74, 6) is -6.83. The van der Waals surface area contributed by atoms with Gasteiger partial charge in [-0.2, -0.15) is 26.3 Å². The lowest BCUT2D eigenvalue weighted by Crippen LogP contribution is -2.47. The van der Waals surface area contributed by atoms with Crippen LogP contribution < -0.4 is 11.1 Å². The molecule has 2 aromatic rings. The Morgan fingerprint density at radius 2 is 1.45 bits per heavy atom. The first-order chi connectivity index (χ1) is 17.7. The van der Waals surface area contributed by atoms with Gasteiger partial charge in [0.2, 0.25) is 11.8 Å². The van der Waals surface area contributed by atoms with Gasteiger partial charge < -0.3 is 11.1 Å². The van der Waals surface area contributed by atoms with Crippen LogP contribution >= 0.6 is 0 Å². The molecule has 0 unspecified atom stereocenters. The van der Waals surface area contributed by atoms with Crippen LogP contribution in [0.25, 0.3) is 0 Å². The van der Waals surface area contributed by atoms with Crippen molar-refractivity contribution in [3.8, 4) is 0 Å². The summed E-state index contributed by atoms with van der Waals surface area (Å²) < 4.78 is 77.4. The number of halogens is 6. The molecule has 3 rings (SSSR count). The van der Waals surface area contributed by atoms with Gasteiger partial charge in [0.05, 0.1) is 5.71 Å². The summed E-state index contributed by atoms with van der Waals surface area (Å²) in [7, 11) is 0. The molecule has 38 heavy (non-hydrogen) atoms. The van der Waals surface area contributed by atoms with Crippen molar-refractivity contribution in [1.82, 2.24) is 5.32 Å². The van der Waals surface area contributed by atoms with Crippen LogP contribution in [-0.2, 0) is 20.8 Å². The molecule has 0 fully saturated rings. The fraction of sp³-hybridized carbons (Fsp3) is 0.385. The number of aliphatic imine (C=N–C) groups is 1. The van der Waals surface area contributed by atoms with Crippen LogP contribution in [0.1, 0.15) is 42.4 Å². The number of benzene rings is 2. The number of amides is 2. The molecule has 6 nitrogen and oxygen atoms in total. The standard InChI is InChI=1S/C26H25F6N3O3/c27-25(28,29)12-10-18(22(33)37)19(11-13-26(30,31)32)24(38)35-23-20(36)14-16-8-4-5-9-17(16)21(34-23)15-6-2-1-3-7-15/h1-9,18-19,23H,10-14H2,(H2,33,37)(H,35,38)/t18-,19+,23+/m0/s1. The second-order valence-electron chi connectivity index (χ2n) is 8.98. The second-order valence-corrected chi connectivity index (χ2v) is 8.98. The van der Waals surface area contributed by atoms with Gasteiger partial charge in [-0.25, -0.2) is 0 Å². The number of primary amides is 1. The molecular weight excluding hydrogens is 516 g/mol. The fourth-order valence-electron chi connectivity index (χ4n) is 4.34. The first kappa shape index (κ1) is 28.9. The molecule has 12 heteroatoms. The molecule has 204 valence electrons. The van der Waals surface area contributed by atoms with Crippen molar-refractivity contribution in [2.24, 2.45) is 22.6 Å². The molecule has 1 aliphatic heterocycles. The molecular formula is C26H25F6N3O3. The number of hydrogen-bond donors (Lipinski definition) is 2. The van der Waals surface area contributed by atoms with Crippen molar-refractivity contribution in [2.45, 2.75) is 50.6 Å². The number of nitrogens with two attached hydrogens (primary N) is 1. The lowest BCUT2D eigenvalue weighted by molar-refractivity contribution is -0.152. The molecule has 0 saturated heterocycles. The Hall–Kier alpha value is -3.70. The van der Waals surface area contributed by atoms with Gasteiger partial charge in [-0.1, -0.05) is 54.6 Å². The number of nitrogens with zero attached hydrogens (tertiary/aromatic N) is 1. The third kappa shape index (κ3) is 7.90. The number of ketones is 1. The van der Waals surface area contributed by atoms with Crippen molar-refractivity contribution in [3.05, 3.63) is 71.3 Å². The minimum Gasteiger partial charge on any atom is -0.369 e. The summed E-state index contributed by atoms with van der Waals surface area (Å²) in [5.41, 5.74) is 7.37. The summed E-state index contributed by atoms with van der Waals surface area (Å²) in [6.07, 6.45) is -16.2. The number of alkyl halides is 6. The maximum Gasteiger partial charge on any atom is 0.389 e. The molecule has 0 aliphatic carbocycles. The quantitative estimate of drug-likeness (QED) is 0.458. The first-order valence-corrected chi connectivity index (χ1v) is 11.7. The maximum atomic E-state index is 13.2. The molecule has 1 heterocycles. The molecule has 3 atom stereocenters. The smallest absolute Gasteiger partial charge is 0.369 e. The Bertz CT molecular complexity index is 1190. The molecule has 1 aliphatic rings. The maximum absolute atomic E-state index is 13.2. The van der Waals surface area contributed by atoms with E-state index in [0.29, 0.717) is 22.4 Å². The second kappa shape index (κ2) is 11.8. The van der Waals surface area contributed by atoms with Crippen LogP contribution in [0.2, 0.25) is 0 Å². The Labute approximate surface area is 214 Å². The predicted molar refractivity (Wildman–Crippen MR) is 126 cm³/mol. The minimum atomic E-state index is -4.75. The monoisotopic (exact) mass is 541 g/mol. The van der Waals surface area contributed by atoms with Crippen LogP contribution in [0.15, 0.2) is 59.6 Å². The zero-order valence-corrected chi connectivity index (χ0v) is 20.0. The van der Waals surface area contributed by atoms with Gasteiger partial charge in [-0.3, -0.25) is 19.4 Å². The highest BCUT2D eigenvalue weighted by Gasteiger charge is 2.40. The number of rotatable bonds is 9. The number of hydrogen-bond acceptors (Lipinski definition) is 4. The van der Waals surface area contributed by atoms with E-state index in [1.165, 1.54) is 0 Å². The van der Waals surface area contributed by atoms with Crippen LogP contribution in [0.3, 0.4) is 0 Å². The Balaban J connectivity index is 1.96. The van der Waals surface area contributed by atoms with Crippen molar-refractivity contribution in [1.29, 1.82) is 0 Å². The van der Waals surface area contributed by atoms with E-state index in [1.54, 1.807) is 54.6 Å². The lowest BCUT2D eigenvalue weighted by Gasteiger charge is -2.26. The largest absolute Gasteiger partial charge is 0.389 e. The number of Topliss-reactive ketones (excluding diaryl/α,β-unsaturated/α-hetero) is 1. The van der Waals surface area contributed by atoms with Crippen LogP contribution in [0.4, 0.5) is 26.3 Å². The highest BCUT2D eigenvalue weighted by atomic mass is 19.4. The zero-order valence-electron chi connectivity index (χ0n) is 20.0. The van der Waals surface area contributed by atoms with Gasteiger partial charge in [0.25, 0.3) is 0 Å². The number of carbonyl (C=O) groups is 3. The fourth-order valence-corrected chi connectivity index (χ4v) is 4.34. The highest BCUT2D eigenvalue weighted by Crippen LogP contribution is 2.33. The van der Waals surface area contributed by atoms with Gasteiger partial charge in [0.15, 0.2) is 11.9 Å². The molecule has 0 spiro atoms. The zero-order chi connectivity index (χ0) is 28.1.